The van der Waals surface area contributed by atoms with Crippen molar-refractivity contribution in [1.29, 1.82) is 0 Å². The lowest BCUT2D eigenvalue weighted by Gasteiger charge is -2.26. The van der Waals surface area contributed by atoms with Gasteiger partial charge in [-0.2, -0.15) is 0 Å². The normalized spacial score (nSPS) is 11.6. The van der Waals surface area contributed by atoms with Gasteiger partial charge in [0.25, 0.3) is 20.0 Å². The number of carbonyl (C=O) groups excluding carboxylic acids is 1. The summed E-state index contributed by atoms with van der Waals surface area (Å²) in [7, 11) is -7.89. The van der Waals surface area contributed by atoms with Crippen molar-refractivity contribution in [3.8, 4) is 0 Å². The van der Waals surface area contributed by atoms with Crippen LogP contribution >= 0.6 is 0 Å². The van der Waals surface area contributed by atoms with Crippen molar-refractivity contribution in [3.63, 3.8) is 0 Å². The molecule has 0 aromatic heterocycles. The standard InChI is InChI=1S/C29H29N3O5S2/c1-21-9-7-11-25(19-21)31-38(34,35)26-17-15-24(16-18-26)30-29(33)20-32(28-14-8-10-22(2)23(28)3)39(36,37)27-12-5-4-6-13-27/h4-19,31H,20H2,1-3H3,(H,30,33). The Kier molecular flexibility index (Phi) is 8.08. The first-order valence-corrected chi connectivity index (χ1v) is 15.0. The minimum atomic E-state index is -4.05. The summed E-state index contributed by atoms with van der Waals surface area (Å²) in [5, 5.41) is 2.68. The van der Waals surface area contributed by atoms with Gasteiger partial charge in [0.15, 0.2) is 0 Å². The molecule has 0 saturated carbocycles. The van der Waals surface area contributed by atoms with Gasteiger partial charge in [-0.15, -0.1) is 0 Å². The number of hydrogen-bond acceptors (Lipinski definition) is 5. The molecule has 0 heterocycles. The fourth-order valence-electron chi connectivity index (χ4n) is 4.00. The van der Waals surface area contributed by atoms with Crippen molar-refractivity contribution >= 4 is 43.0 Å². The number of sulfonamides is 2. The molecule has 0 fully saturated rings. The van der Waals surface area contributed by atoms with Crippen molar-refractivity contribution in [2.75, 3.05) is 20.9 Å². The molecule has 10 heteroatoms. The van der Waals surface area contributed by atoms with Gasteiger partial charge in [0, 0.05) is 11.4 Å². The monoisotopic (exact) mass is 563 g/mol. The van der Waals surface area contributed by atoms with Crippen LogP contribution in [-0.2, 0) is 24.8 Å². The van der Waals surface area contributed by atoms with E-state index in [1.807, 2.05) is 26.0 Å². The van der Waals surface area contributed by atoms with Gasteiger partial charge in [-0.25, -0.2) is 16.8 Å². The summed E-state index contributed by atoms with van der Waals surface area (Å²) >= 11 is 0. The highest BCUT2D eigenvalue weighted by Gasteiger charge is 2.28. The highest BCUT2D eigenvalue weighted by molar-refractivity contribution is 7.93. The number of hydrogen-bond donors (Lipinski definition) is 2. The first-order chi connectivity index (χ1) is 18.5. The van der Waals surface area contributed by atoms with Crippen LogP contribution in [0.5, 0.6) is 0 Å². The number of aryl methyl sites for hydroxylation is 2. The molecule has 202 valence electrons. The molecule has 0 spiro atoms. The van der Waals surface area contributed by atoms with Crippen LogP contribution in [0.4, 0.5) is 17.1 Å². The van der Waals surface area contributed by atoms with Crippen LogP contribution < -0.4 is 14.3 Å². The number of amides is 1. The van der Waals surface area contributed by atoms with Crippen LogP contribution in [-0.4, -0.2) is 29.3 Å². The van der Waals surface area contributed by atoms with E-state index < -0.39 is 32.5 Å². The lowest BCUT2D eigenvalue weighted by molar-refractivity contribution is -0.114. The molecule has 39 heavy (non-hydrogen) atoms. The molecule has 0 radical (unpaired) electrons. The van der Waals surface area contributed by atoms with E-state index in [0.717, 1.165) is 21.0 Å². The third-order valence-corrected chi connectivity index (χ3v) is 9.35. The Balaban J connectivity index is 1.55. The molecule has 4 rings (SSSR count). The summed E-state index contributed by atoms with van der Waals surface area (Å²) in [6.45, 7) is 5.06. The van der Waals surface area contributed by atoms with Crippen LogP contribution in [0.2, 0.25) is 0 Å². The molecular weight excluding hydrogens is 534 g/mol. The highest BCUT2D eigenvalue weighted by Crippen LogP contribution is 2.29. The molecule has 0 atom stereocenters. The number of nitrogens with zero attached hydrogens (tertiary/aromatic N) is 1. The van der Waals surface area contributed by atoms with Gasteiger partial charge in [-0.3, -0.25) is 13.8 Å². The van der Waals surface area contributed by atoms with Crippen LogP contribution in [0.15, 0.2) is 107 Å². The first kappa shape index (κ1) is 27.9. The third kappa shape index (κ3) is 6.47. The summed E-state index contributed by atoms with van der Waals surface area (Å²) in [6.07, 6.45) is 0. The second kappa shape index (κ2) is 11.3. The number of carbonyl (C=O) groups is 1. The summed E-state index contributed by atoms with van der Waals surface area (Å²) in [6, 6.07) is 25.9. The molecule has 1 amide bonds. The highest BCUT2D eigenvalue weighted by atomic mass is 32.2. The second-order valence-corrected chi connectivity index (χ2v) is 12.6. The van der Waals surface area contributed by atoms with E-state index in [0.29, 0.717) is 17.1 Å². The topological polar surface area (TPSA) is 113 Å². The Morgan fingerprint density at radius 2 is 1.38 bits per heavy atom. The molecule has 2 N–H and O–H groups in total. The Hall–Kier alpha value is -4.15. The van der Waals surface area contributed by atoms with Crippen molar-refractivity contribution < 1.29 is 21.6 Å². The summed E-state index contributed by atoms with van der Waals surface area (Å²) in [5.74, 6) is -0.580. The first-order valence-electron chi connectivity index (χ1n) is 12.1. The Bertz CT molecular complexity index is 1700. The van der Waals surface area contributed by atoms with E-state index >= 15 is 0 Å². The van der Waals surface area contributed by atoms with Gasteiger partial charge >= 0.3 is 0 Å². The molecular formula is C29H29N3O5S2. The van der Waals surface area contributed by atoms with Crippen molar-refractivity contribution in [2.45, 2.75) is 30.6 Å². The second-order valence-electron chi connectivity index (χ2n) is 9.09. The molecule has 0 aliphatic heterocycles. The van der Waals surface area contributed by atoms with Crippen LogP contribution in [0.25, 0.3) is 0 Å². The van der Waals surface area contributed by atoms with Gasteiger partial charge in [-0.1, -0.05) is 42.5 Å². The van der Waals surface area contributed by atoms with Crippen molar-refractivity contribution in [3.05, 3.63) is 114 Å². The zero-order valence-corrected chi connectivity index (χ0v) is 23.4. The van der Waals surface area contributed by atoms with E-state index in [1.165, 1.54) is 36.4 Å². The molecule has 0 aliphatic rings. The third-order valence-electron chi connectivity index (χ3n) is 6.18. The van der Waals surface area contributed by atoms with Gasteiger partial charge in [0.2, 0.25) is 5.91 Å². The predicted molar refractivity (Wildman–Crippen MR) is 154 cm³/mol. The van der Waals surface area contributed by atoms with Gasteiger partial charge < -0.3 is 5.32 Å². The lowest BCUT2D eigenvalue weighted by Crippen LogP contribution is -2.38. The minimum absolute atomic E-state index is 0.0191. The SMILES string of the molecule is Cc1cccc(NS(=O)(=O)c2ccc(NC(=O)CN(c3cccc(C)c3C)S(=O)(=O)c3ccccc3)cc2)c1. The smallest absolute Gasteiger partial charge is 0.264 e. The molecule has 4 aromatic carbocycles. The molecule has 0 aliphatic carbocycles. The molecule has 0 bridgehead atoms. The lowest BCUT2D eigenvalue weighted by atomic mass is 10.1. The van der Waals surface area contributed by atoms with Crippen LogP contribution in [0, 0.1) is 20.8 Å². The molecule has 4 aromatic rings. The number of nitrogens with one attached hydrogen (secondary N) is 2. The summed E-state index contributed by atoms with van der Waals surface area (Å²) in [5.41, 5.74) is 3.71. The van der Waals surface area contributed by atoms with Crippen LogP contribution in [0.3, 0.4) is 0 Å². The zero-order valence-electron chi connectivity index (χ0n) is 21.7. The number of rotatable bonds is 9. The fraction of sp³-hybridized carbons (Fsp3) is 0.138. The van der Waals surface area contributed by atoms with Crippen molar-refractivity contribution in [2.24, 2.45) is 0 Å². The fourth-order valence-corrected chi connectivity index (χ4v) is 6.55. The minimum Gasteiger partial charge on any atom is -0.325 e. The maximum Gasteiger partial charge on any atom is 0.264 e. The van der Waals surface area contributed by atoms with Gasteiger partial charge in [0.05, 0.1) is 15.5 Å². The van der Waals surface area contributed by atoms with E-state index in [4.69, 9.17) is 0 Å². The molecule has 8 nitrogen and oxygen atoms in total. The largest absolute Gasteiger partial charge is 0.325 e. The van der Waals surface area contributed by atoms with Crippen molar-refractivity contribution in [1.82, 2.24) is 0 Å². The summed E-state index contributed by atoms with van der Waals surface area (Å²) < 4.78 is 56.3. The predicted octanol–water partition coefficient (Wildman–Crippen LogP) is 5.25. The quantitative estimate of drug-likeness (QED) is 0.289. The number of anilines is 3. The van der Waals surface area contributed by atoms with Gasteiger partial charge in [0.1, 0.15) is 6.54 Å². The Labute approximate surface area is 229 Å². The van der Waals surface area contributed by atoms with Crippen LogP contribution in [0.1, 0.15) is 16.7 Å². The molecule has 0 unspecified atom stereocenters. The average Bonchev–Trinajstić information content (AvgIpc) is 2.89. The summed E-state index contributed by atoms with van der Waals surface area (Å²) in [4.78, 5) is 13.2. The Morgan fingerprint density at radius 3 is 2.05 bits per heavy atom. The molecule has 0 saturated heterocycles. The number of benzene rings is 4. The zero-order chi connectivity index (χ0) is 28.2. The Morgan fingerprint density at radius 1 is 0.718 bits per heavy atom. The maximum absolute atomic E-state index is 13.6. The van der Waals surface area contributed by atoms with E-state index in [2.05, 4.69) is 10.0 Å². The van der Waals surface area contributed by atoms with E-state index in [1.54, 1.807) is 55.5 Å². The average molecular weight is 564 g/mol. The van der Waals surface area contributed by atoms with Gasteiger partial charge in [-0.05, 0) is 92.1 Å². The van der Waals surface area contributed by atoms with E-state index in [9.17, 15) is 21.6 Å². The maximum atomic E-state index is 13.6. The van der Waals surface area contributed by atoms with E-state index in [-0.39, 0.29) is 9.79 Å².